The standard InChI is InChI=1S/C11H16BrN3O/c1-3-4-14-11(13)15-9-5-8(12)6-10(7-9)16-2/h5-7H,3-4H2,1-2H3,(H3,13,14,15). The van der Waals surface area contributed by atoms with Gasteiger partial charge in [-0.1, -0.05) is 22.9 Å². The second kappa shape index (κ2) is 6.37. The van der Waals surface area contributed by atoms with Crippen LogP contribution in [0.3, 0.4) is 0 Å². The van der Waals surface area contributed by atoms with Gasteiger partial charge in [0.15, 0.2) is 5.96 Å². The Morgan fingerprint density at radius 3 is 2.88 bits per heavy atom. The van der Waals surface area contributed by atoms with Gasteiger partial charge in [0, 0.05) is 22.8 Å². The number of methoxy groups -OCH3 is 1. The minimum atomic E-state index is 0.419. The number of hydrogen-bond donors (Lipinski definition) is 2. The highest BCUT2D eigenvalue weighted by Gasteiger charge is 2.00. The normalized spacial score (nSPS) is 11.3. The highest BCUT2D eigenvalue weighted by Crippen LogP contribution is 2.24. The number of benzene rings is 1. The predicted octanol–water partition coefficient (Wildman–Crippen LogP) is 2.59. The minimum Gasteiger partial charge on any atom is -0.497 e. The van der Waals surface area contributed by atoms with E-state index in [1.54, 1.807) is 7.11 Å². The van der Waals surface area contributed by atoms with Crippen LogP contribution in [0.1, 0.15) is 13.3 Å². The first-order valence-electron chi connectivity index (χ1n) is 5.07. The number of nitrogens with one attached hydrogen (secondary N) is 1. The SMILES string of the molecule is CCCN=C(N)Nc1cc(Br)cc(OC)c1. The minimum absolute atomic E-state index is 0.419. The van der Waals surface area contributed by atoms with Gasteiger partial charge in [0.25, 0.3) is 0 Å². The number of anilines is 1. The molecule has 0 aliphatic carbocycles. The van der Waals surface area contributed by atoms with Gasteiger partial charge in [0.1, 0.15) is 5.75 Å². The maximum atomic E-state index is 5.72. The van der Waals surface area contributed by atoms with Crippen molar-refractivity contribution in [3.8, 4) is 5.75 Å². The lowest BCUT2D eigenvalue weighted by Crippen LogP contribution is -2.22. The summed E-state index contributed by atoms with van der Waals surface area (Å²) in [5, 5.41) is 3.01. The van der Waals surface area contributed by atoms with Crippen molar-refractivity contribution in [1.29, 1.82) is 0 Å². The molecule has 0 radical (unpaired) electrons. The molecule has 0 spiro atoms. The molecule has 0 saturated carbocycles. The third kappa shape index (κ3) is 4.10. The van der Waals surface area contributed by atoms with E-state index in [1.807, 2.05) is 18.2 Å². The number of ether oxygens (including phenoxy) is 1. The largest absolute Gasteiger partial charge is 0.497 e. The van der Waals surface area contributed by atoms with Crippen molar-refractivity contribution >= 4 is 27.6 Å². The average molecular weight is 286 g/mol. The molecule has 0 aliphatic rings. The Hall–Kier alpha value is -1.23. The Morgan fingerprint density at radius 2 is 2.25 bits per heavy atom. The topological polar surface area (TPSA) is 59.6 Å². The van der Waals surface area contributed by atoms with Crippen molar-refractivity contribution in [1.82, 2.24) is 0 Å². The van der Waals surface area contributed by atoms with Crippen molar-refractivity contribution in [3.05, 3.63) is 22.7 Å². The lowest BCUT2D eigenvalue weighted by molar-refractivity contribution is 0.415. The molecule has 0 unspecified atom stereocenters. The first kappa shape index (κ1) is 12.8. The molecule has 1 aromatic rings. The summed E-state index contributed by atoms with van der Waals surface area (Å²) < 4.78 is 6.08. The van der Waals surface area contributed by atoms with Gasteiger partial charge >= 0.3 is 0 Å². The van der Waals surface area contributed by atoms with Gasteiger partial charge < -0.3 is 15.8 Å². The summed E-state index contributed by atoms with van der Waals surface area (Å²) in [6.45, 7) is 2.78. The Labute approximate surface area is 104 Å². The molecule has 0 heterocycles. The fourth-order valence-corrected chi connectivity index (χ4v) is 1.64. The van der Waals surface area contributed by atoms with E-state index >= 15 is 0 Å². The quantitative estimate of drug-likeness (QED) is 0.660. The number of guanidine groups is 1. The summed E-state index contributed by atoms with van der Waals surface area (Å²) in [5.41, 5.74) is 6.57. The second-order valence-electron chi connectivity index (χ2n) is 3.27. The van der Waals surface area contributed by atoms with E-state index in [9.17, 15) is 0 Å². The summed E-state index contributed by atoms with van der Waals surface area (Å²) in [7, 11) is 1.63. The molecule has 0 bridgehead atoms. The van der Waals surface area contributed by atoms with Crippen LogP contribution in [-0.4, -0.2) is 19.6 Å². The third-order valence-electron chi connectivity index (χ3n) is 1.89. The van der Waals surface area contributed by atoms with Gasteiger partial charge in [-0.05, 0) is 18.6 Å². The molecule has 5 heteroatoms. The molecule has 0 fully saturated rings. The Balaban J connectivity index is 2.76. The summed E-state index contributed by atoms with van der Waals surface area (Å²) in [5.74, 6) is 1.18. The second-order valence-corrected chi connectivity index (χ2v) is 4.19. The van der Waals surface area contributed by atoms with Crippen molar-refractivity contribution < 1.29 is 4.74 Å². The zero-order valence-corrected chi connectivity index (χ0v) is 11.0. The number of aliphatic imine (C=N–C) groups is 1. The molecule has 88 valence electrons. The Bertz CT molecular complexity index is 379. The first-order chi connectivity index (χ1) is 7.65. The summed E-state index contributed by atoms with van der Waals surface area (Å²) >= 11 is 3.40. The van der Waals surface area contributed by atoms with Gasteiger partial charge in [0.05, 0.1) is 7.11 Å². The molecule has 4 nitrogen and oxygen atoms in total. The smallest absolute Gasteiger partial charge is 0.193 e. The van der Waals surface area contributed by atoms with Crippen LogP contribution in [0.5, 0.6) is 5.75 Å². The van der Waals surface area contributed by atoms with Crippen molar-refractivity contribution in [3.63, 3.8) is 0 Å². The fourth-order valence-electron chi connectivity index (χ4n) is 1.17. The Morgan fingerprint density at radius 1 is 1.50 bits per heavy atom. The van der Waals surface area contributed by atoms with Crippen molar-refractivity contribution in [2.75, 3.05) is 19.0 Å². The number of hydrogen-bond acceptors (Lipinski definition) is 2. The van der Waals surface area contributed by atoms with E-state index in [-0.39, 0.29) is 0 Å². The zero-order chi connectivity index (χ0) is 12.0. The lowest BCUT2D eigenvalue weighted by atomic mass is 10.3. The maximum Gasteiger partial charge on any atom is 0.193 e. The lowest BCUT2D eigenvalue weighted by Gasteiger charge is -2.08. The van der Waals surface area contributed by atoms with E-state index < -0.39 is 0 Å². The monoisotopic (exact) mass is 285 g/mol. The van der Waals surface area contributed by atoms with Crippen LogP contribution in [0.25, 0.3) is 0 Å². The average Bonchev–Trinajstić information content (AvgIpc) is 2.25. The number of nitrogens with zero attached hydrogens (tertiary/aromatic N) is 1. The summed E-state index contributed by atoms with van der Waals surface area (Å²) in [4.78, 5) is 4.15. The van der Waals surface area contributed by atoms with E-state index in [1.165, 1.54) is 0 Å². The van der Waals surface area contributed by atoms with E-state index in [0.29, 0.717) is 5.96 Å². The molecule has 1 aromatic carbocycles. The van der Waals surface area contributed by atoms with Crippen LogP contribution in [0, 0.1) is 0 Å². The van der Waals surface area contributed by atoms with Crippen LogP contribution in [-0.2, 0) is 0 Å². The highest BCUT2D eigenvalue weighted by atomic mass is 79.9. The van der Waals surface area contributed by atoms with E-state index in [2.05, 4.69) is 33.2 Å². The van der Waals surface area contributed by atoms with Gasteiger partial charge in [0.2, 0.25) is 0 Å². The summed E-state index contributed by atoms with van der Waals surface area (Å²) in [6, 6.07) is 5.65. The number of nitrogens with two attached hydrogens (primary N) is 1. The van der Waals surface area contributed by atoms with Crippen LogP contribution >= 0.6 is 15.9 Å². The van der Waals surface area contributed by atoms with Crippen LogP contribution in [0.4, 0.5) is 5.69 Å². The zero-order valence-electron chi connectivity index (χ0n) is 9.46. The van der Waals surface area contributed by atoms with E-state index in [4.69, 9.17) is 10.5 Å². The highest BCUT2D eigenvalue weighted by molar-refractivity contribution is 9.10. The summed E-state index contributed by atoms with van der Waals surface area (Å²) in [6.07, 6.45) is 0.976. The van der Waals surface area contributed by atoms with Gasteiger partial charge in [-0.15, -0.1) is 0 Å². The molecule has 16 heavy (non-hydrogen) atoms. The molecule has 0 amide bonds. The molecule has 3 N–H and O–H groups in total. The van der Waals surface area contributed by atoms with Crippen LogP contribution in [0.15, 0.2) is 27.7 Å². The van der Waals surface area contributed by atoms with Crippen molar-refractivity contribution in [2.45, 2.75) is 13.3 Å². The molecule has 1 rings (SSSR count). The first-order valence-corrected chi connectivity index (χ1v) is 5.86. The molecular formula is C11H16BrN3O. The maximum absolute atomic E-state index is 5.72. The van der Waals surface area contributed by atoms with Gasteiger partial charge in [-0.3, -0.25) is 4.99 Å². The van der Waals surface area contributed by atoms with Crippen LogP contribution in [0.2, 0.25) is 0 Å². The Kier molecular flexibility index (Phi) is 5.11. The predicted molar refractivity (Wildman–Crippen MR) is 71.1 cm³/mol. The van der Waals surface area contributed by atoms with Crippen LogP contribution < -0.4 is 15.8 Å². The molecule has 0 aromatic heterocycles. The molecule has 0 aliphatic heterocycles. The van der Waals surface area contributed by atoms with Crippen molar-refractivity contribution in [2.24, 2.45) is 10.7 Å². The molecule has 0 saturated heterocycles. The van der Waals surface area contributed by atoms with Gasteiger partial charge in [-0.2, -0.15) is 0 Å². The number of rotatable bonds is 4. The fraction of sp³-hybridized carbons (Fsp3) is 0.364. The van der Waals surface area contributed by atoms with E-state index in [0.717, 1.165) is 28.9 Å². The molecule has 0 atom stereocenters. The number of halogens is 1. The van der Waals surface area contributed by atoms with Gasteiger partial charge in [-0.25, -0.2) is 0 Å². The third-order valence-corrected chi connectivity index (χ3v) is 2.34. The molecular weight excluding hydrogens is 270 g/mol.